The molecule has 0 saturated heterocycles. The molecule has 1 aromatic rings. The average molecular weight is 280 g/mol. The third-order valence-corrected chi connectivity index (χ3v) is 3.66. The number of carboxylic acid groups (broad SMARTS) is 1. The Labute approximate surface area is 117 Å². The van der Waals surface area contributed by atoms with E-state index >= 15 is 0 Å². The lowest BCUT2D eigenvalue weighted by atomic mass is 9.89. The molecule has 1 aliphatic rings. The minimum atomic E-state index is -1.01. The van der Waals surface area contributed by atoms with E-state index in [9.17, 15) is 9.59 Å². The highest BCUT2D eigenvalue weighted by Gasteiger charge is 2.21. The van der Waals surface area contributed by atoms with E-state index in [1.165, 1.54) is 38.3 Å². The minimum absolute atomic E-state index is 0.199. The van der Waals surface area contributed by atoms with Crippen LogP contribution in [0.2, 0.25) is 0 Å². The summed E-state index contributed by atoms with van der Waals surface area (Å²) in [4.78, 5) is 24.4. The van der Waals surface area contributed by atoms with Crippen molar-refractivity contribution in [3.05, 3.63) is 11.9 Å². The lowest BCUT2D eigenvalue weighted by Crippen LogP contribution is -2.32. The van der Waals surface area contributed by atoms with Gasteiger partial charge in [-0.1, -0.05) is 24.5 Å². The van der Waals surface area contributed by atoms with Crippen LogP contribution in [0, 0.1) is 5.92 Å². The first-order valence-corrected chi connectivity index (χ1v) is 6.93. The Hall–Kier alpha value is -1.92. The van der Waals surface area contributed by atoms with E-state index < -0.39 is 5.97 Å². The Bertz CT molecular complexity index is 480. The zero-order chi connectivity index (χ0) is 14.5. The van der Waals surface area contributed by atoms with Crippen molar-refractivity contribution in [2.45, 2.75) is 38.6 Å². The summed E-state index contributed by atoms with van der Waals surface area (Å²) in [7, 11) is 1.76. The molecule has 1 saturated carbocycles. The second kappa shape index (κ2) is 6.49. The molecule has 0 unspecified atom stereocenters. The van der Waals surface area contributed by atoms with Gasteiger partial charge in [0.05, 0.1) is 6.20 Å². The van der Waals surface area contributed by atoms with Crippen LogP contribution < -0.4 is 0 Å². The van der Waals surface area contributed by atoms with E-state index in [0.717, 1.165) is 11.2 Å². The van der Waals surface area contributed by atoms with Gasteiger partial charge < -0.3 is 10.0 Å². The van der Waals surface area contributed by atoms with Gasteiger partial charge in [0.15, 0.2) is 5.69 Å². The number of carbonyl (C=O) groups excluding carboxylic acids is 1. The van der Waals surface area contributed by atoms with Crippen LogP contribution in [0.4, 0.5) is 0 Å². The van der Waals surface area contributed by atoms with Gasteiger partial charge in [0, 0.05) is 13.6 Å². The molecule has 2 rings (SSSR count). The third-order valence-electron chi connectivity index (χ3n) is 3.66. The molecular weight excluding hydrogens is 260 g/mol. The average Bonchev–Trinajstić information content (AvgIpc) is 2.86. The van der Waals surface area contributed by atoms with Crippen LogP contribution >= 0.6 is 0 Å². The molecule has 0 aromatic carbocycles. The topological polar surface area (TPSA) is 88.3 Å². The van der Waals surface area contributed by atoms with Crippen molar-refractivity contribution in [2.24, 2.45) is 5.92 Å². The molecule has 1 N–H and O–H groups in total. The molecule has 1 fully saturated rings. The maximum absolute atomic E-state index is 12.2. The van der Waals surface area contributed by atoms with Gasteiger partial charge in [-0.25, -0.2) is 4.68 Å². The number of aliphatic carboxylic acids is 1. The van der Waals surface area contributed by atoms with Crippen molar-refractivity contribution in [3.8, 4) is 0 Å². The van der Waals surface area contributed by atoms with Crippen LogP contribution in [0.3, 0.4) is 0 Å². The predicted octanol–water partition coefficient (Wildman–Crippen LogP) is 1.01. The number of rotatable bonds is 5. The van der Waals surface area contributed by atoms with Crippen LogP contribution in [-0.4, -0.2) is 50.5 Å². The fraction of sp³-hybridized carbons (Fsp3) is 0.692. The zero-order valence-electron chi connectivity index (χ0n) is 11.7. The van der Waals surface area contributed by atoms with Crippen molar-refractivity contribution >= 4 is 11.9 Å². The summed E-state index contributed by atoms with van der Waals surface area (Å²) >= 11 is 0. The van der Waals surface area contributed by atoms with Gasteiger partial charge >= 0.3 is 5.97 Å². The largest absolute Gasteiger partial charge is 0.480 e. The van der Waals surface area contributed by atoms with Crippen molar-refractivity contribution in [2.75, 3.05) is 13.6 Å². The van der Waals surface area contributed by atoms with Gasteiger partial charge in [-0.05, 0) is 18.8 Å². The number of carbonyl (C=O) groups is 2. The maximum atomic E-state index is 12.2. The molecule has 1 aromatic heterocycles. The van der Waals surface area contributed by atoms with Crippen molar-refractivity contribution in [3.63, 3.8) is 0 Å². The molecule has 0 radical (unpaired) electrons. The van der Waals surface area contributed by atoms with Gasteiger partial charge in [0.25, 0.3) is 5.91 Å². The molecule has 0 bridgehead atoms. The van der Waals surface area contributed by atoms with Gasteiger partial charge in [-0.3, -0.25) is 9.59 Å². The van der Waals surface area contributed by atoms with Crippen molar-refractivity contribution in [1.82, 2.24) is 19.9 Å². The molecule has 1 aliphatic carbocycles. The maximum Gasteiger partial charge on any atom is 0.325 e. The molecule has 0 spiro atoms. The van der Waals surface area contributed by atoms with Crippen LogP contribution in [0.15, 0.2) is 6.20 Å². The van der Waals surface area contributed by atoms with E-state index in [4.69, 9.17) is 5.11 Å². The van der Waals surface area contributed by atoms with Crippen LogP contribution in [-0.2, 0) is 11.3 Å². The highest BCUT2D eigenvalue weighted by molar-refractivity contribution is 5.91. The lowest BCUT2D eigenvalue weighted by Gasteiger charge is -2.26. The Morgan fingerprint density at radius 2 is 2.10 bits per heavy atom. The van der Waals surface area contributed by atoms with Gasteiger partial charge in [-0.2, -0.15) is 0 Å². The fourth-order valence-electron chi connectivity index (χ4n) is 2.65. The summed E-state index contributed by atoms with van der Waals surface area (Å²) in [6.07, 6.45) is 7.49. The molecule has 110 valence electrons. The number of hydrogen-bond acceptors (Lipinski definition) is 4. The summed E-state index contributed by atoms with van der Waals surface area (Å²) in [5.74, 6) is -0.650. The Morgan fingerprint density at radius 1 is 1.40 bits per heavy atom. The Kier molecular flexibility index (Phi) is 4.70. The first kappa shape index (κ1) is 14.5. The molecular formula is C13H20N4O3. The second-order valence-corrected chi connectivity index (χ2v) is 5.38. The molecule has 1 heterocycles. The third kappa shape index (κ3) is 3.79. The normalized spacial score (nSPS) is 16.1. The number of nitrogens with zero attached hydrogens (tertiary/aromatic N) is 4. The number of carboxylic acids is 1. The zero-order valence-corrected chi connectivity index (χ0v) is 11.7. The summed E-state index contributed by atoms with van der Waals surface area (Å²) in [6, 6.07) is 0. The van der Waals surface area contributed by atoms with Crippen molar-refractivity contribution < 1.29 is 14.7 Å². The first-order chi connectivity index (χ1) is 9.56. The van der Waals surface area contributed by atoms with E-state index in [1.54, 1.807) is 11.9 Å². The molecule has 0 aliphatic heterocycles. The van der Waals surface area contributed by atoms with Gasteiger partial charge in [0.2, 0.25) is 0 Å². The highest BCUT2D eigenvalue weighted by atomic mass is 16.4. The minimum Gasteiger partial charge on any atom is -0.480 e. The van der Waals surface area contributed by atoms with Crippen LogP contribution in [0.1, 0.15) is 42.6 Å². The second-order valence-electron chi connectivity index (χ2n) is 5.38. The Balaban J connectivity index is 1.91. The van der Waals surface area contributed by atoms with Crippen LogP contribution in [0.5, 0.6) is 0 Å². The highest BCUT2D eigenvalue weighted by Crippen LogP contribution is 2.24. The summed E-state index contributed by atoms with van der Waals surface area (Å²) in [5, 5.41) is 16.0. The molecule has 0 atom stereocenters. The van der Waals surface area contributed by atoms with E-state index in [2.05, 4.69) is 10.3 Å². The quantitative estimate of drug-likeness (QED) is 0.869. The van der Waals surface area contributed by atoms with E-state index in [-0.39, 0.29) is 18.1 Å². The smallest absolute Gasteiger partial charge is 0.325 e. The summed E-state index contributed by atoms with van der Waals surface area (Å²) in [6.45, 7) is 0.442. The standard InChI is InChI=1S/C13H20N4O3/c1-16(7-10-5-3-2-4-6-10)13(20)11-8-17(15-14-11)9-12(18)19/h8,10H,2-7,9H2,1H3,(H,18,19). The molecule has 7 heteroatoms. The number of hydrogen-bond donors (Lipinski definition) is 1. The van der Waals surface area contributed by atoms with Crippen molar-refractivity contribution in [1.29, 1.82) is 0 Å². The van der Waals surface area contributed by atoms with Gasteiger partial charge in [-0.15, -0.1) is 5.10 Å². The lowest BCUT2D eigenvalue weighted by molar-refractivity contribution is -0.137. The van der Waals surface area contributed by atoms with E-state index in [0.29, 0.717) is 5.92 Å². The molecule has 1 amide bonds. The molecule has 7 nitrogen and oxygen atoms in total. The molecule has 20 heavy (non-hydrogen) atoms. The SMILES string of the molecule is CN(CC1CCCCC1)C(=O)c1cn(CC(=O)O)nn1. The first-order valence-electron chi connectivity index (χ1n) is 6.93. The van der Waals surface area contributed by atoms with Gasteiger partial charge in [0.1, 0.15) is 6.54 Å². The predicted molar refractivity (Wildman–Crippen MR) is 71.2 cm³/mol. The summed E-state index contributed by atoms with van der Waals surface area (Å²) < 4.78 is 1.16. The van der Waals surface area contributed by atoms with Crippen LogP contribution in [0.25, 0.3) is 0 Å². The Morgan fingerprint density at radius 3 is 2.75 bits per heavy atom. The number of amides is 1. The fourth-order valence-corrected chi connectivity index (χ4v) is 2.65. The monoisotopic (exact) mass is 280 g/mol. The summed E-state index contributed by atoms with van der Waals surface area (Å²) in [5.41, 5.74) is 0.199. The number of aromatic nitrogens is 3. The van der Waals surface area contributed by atoms with E-state index in [1.807, 2.05) is 0 Å².